The number of nitriles is 1. The summed E-state index contributed by atoms with van der Waals surface area (Å²) >= 11 is 0. The first-order valence-corrected chi connectivity index (χ1v) is 6.22. The SMILES string of the molecule is N#CC1CN(CC(C(=O)O)c2ccccc2)CCO1. The topological polar surface area (TPSA) is 73.6 Å². The van der Waals surface area contributed by atoms with Crippen LogP contribution in [0.25, 0.3) is 0 Å². The molecule has 1 saturated heterocycles. The number of rotatable bonds is 4. The Morgan fingerprint density at radius 2 is 2.26 bits per heavy atom. The molecule has 0 spiro atoms. The summed E-state index contributed by atoms with van der Waals surface area (Å²) in [5.74, 6) is -1.41. The standard InChI is InChI=1S/C14H16N2O3/c15-8-12-9-16(6-7-19-12)10-13(14(17)18)11-4-2-1-3-5-11/h1-5,12-13H,6-7,9-10H2,(H,17,18). The quantitative estimate of drug-likeness (QED) is 0.877. The van der Waals surface area contributed by atoms with Gasteiger partial charge in [-0.2, -0.15) is 5.26 Å². The minimum absolute atomic E-state index is 0.404. The highest BCUT2D eigenvalue weighted by Crippen LogP contribution is 2.18. The average molecular weight is 260 g/mol. The van der Waals surface area contributed by atoms with Crippen molar-refractivity contribution in [1.82, 2.24) is 4.90 Å². The highest BCUT2D eigenvalue weighted by molar-refractivity contribution is 5.76. The van der Waals surface area contributed by atoms with E-state index in [4.69, 9.17) is 10.00 Å². The Morgan fingerprint density at radius 1 is 1.53 bits per heavy atom. The Labute approximate surface area is 112 Å². The van der Waals surface area contributed by atoms with Gasteiger partial charge < -0.3 is 9.84 Å². The molecule has 100 valence electrons. The van der Waals surface area contributed by atoms with Crippen LogP contribution in [0.4, 0.5) is 0 Å². The molecule has 0 bridgehead atoms. The van der Waals surface area contributed by atoms with E-state index in [2.05, 4.69) is 6.07 Å². The minimum atomic E-state index is -0.841. The summed E-state index contributed by atoms with van der Waals surface area (Å²) in [5, 5.41) is 18.2. The predicted molar refractivity (Wildman–Crippen MR) is 68.6 cm³/mol. The average Bonchev–Trinajstić information content (AvgIpc) is 2.45. The highest BCUT2D eigenvalue weighted by Gasteiger charge is 2.26. The molecule has 0 aromatic heterocycles. The van der Waals surface area contributed by atoms with Crippen LogP contribution in [0.2, 0.25) is 0 Å². The zero-order chi connectivity index (χ0) is 13.7. The summed E-state index contributed by atoms with van der Waals surface area (Å²) in [6.07, 6.45) is -0.459. The number of nitrogens with zero attached hydrogens (tertiary/aromatic N) is 2. The molecule has 0 aliphatic carbocycles. The van der Waals surface area contributed by atoms with Crippen molar-refractivity contribution in [2.24, 2.45) is 0 Å². The van der Waals surface area contributed by atoms with Crippen molar-refractivity contribution in [2.45, 2.75) is 12.0 Å². The number of carboxylic acids is 1. The molecule has 1 aliphatic rings. The monoisotopic (exact) mass is 260 g/mol. The molecule has 1 heterocycles. The first-order chi connectivity index (χ1) is 9.20. The number of carbonyl (C=O) groups is 1. The van der Waals surface area contributed by atoms with E-state index in [-0.39, 0.29) is 0 Å². The second kappa shape index (κ2) is 6.32. The molecule has 0 radical (unpaired) electrons. The van der Waals surface area contributed by atoms with Gasteiger partial charge in [-0.3, -0.25) is 9.69 Å². The lowest BCUT2D eigenvalue weighted by Gasteiger charge is -2.31. The van der Waals surface area contributed by atoms with E-state index in [0.29, 0.717) is 26.2 Å². The zero-order valence-corrected chi connectivity index (χ0v) is 10.5. The van der Waals surface area contributed by atoms with Crippen molar-refractivity contribution in [1.29, 1.82) is 5.26 Å². The maximum atomic E-state index is 11.4. The fourth-order valence-corrected chi connectivity index (χ4v) is 2.22. The van der Waals surface area contributed by atoms with E-state index >= 15 is 0 Å². The molecule has 1 N–H and O–H groups in total. The van der Waals surface area contributed by atoms with Crippen LogP contribution in [0.3, 0.4) is 0 Å². The lowest BCUT2D eigenvalue weighted by molar-refractivity contribution is -0.139. The number of benzene rings is 1. The van der Waals surface area contributed by atoms with E-state index in [1.54, 1.807) is 0 Å². The van der Waals surface area contributed by atoms with Gasteiger partial charge in [-0.05, 0) is 5.56 Å². The fourth-order valence-electron chi connectivity index (χ4n) is 2.22. The molecule has 1 aromatic rings. The van der Waals surface area contributed by atoms with E-state index in [9.17, 15) is 9.90 Å². The minimum Gasteiger partial charge on any atom is -0.481 e. The first kappa shape index (κ1) is 13.5. The van der Waals surface area contributed by atoms with Crippen LogP contribution in [0.1, 0.15) is 11.5 Å². The van der Waals surface area contributed by atoms with Gasteiger partial charge in [0.1, 0.15) is 0 Å². The van der Waals surface area contributed by atoms with Crippen LogP contribution in [-0.2, 0) is 9.53 Å². The summed E-state index contributed by atoms with van der Waals surface area (Å²) in [6.45, 7) is 2.00. The van der Waals surface area contributed by atoms with Crippen LogP contribution in [0.5, 0.6) is 0 Å². The molecular weight excluding hydrogens is 244 g/mol. The fraction of sp³-hybridized carbons (Fsp3) is 0.429. The van der Waals surface area contributed by atoms with Crippen molar-refractivity contribution in [3.05, 3.63) is 35.9 Å². The molecule has 1 aliphatic heterocycles. The van der Waals surface area contributed by atoms with E-state index in [0.717, 1.165) is 5.56 Å². The van der Waals surface area contributed by atoms with E-state index < -0.39 is 18.0 Å². The van der Waals surface area contributed by atoms with Gasteiger partial charge in [0.15, 0.2) is 6.10 Å². The first-order valence-electron chi connectivity index (χ1n) is 6.22. The van der Waals surface area contributed by atoms with E-state index in [1.807, 2.05) is 35.2 Å². The van der Waals surface area contributed by atoms with Crippen LogP contribution < -0.4 is 0 Å². The molecule has 1 fully saturated rings. The molecular formula is C14H16N2O3. The summed E-state index contributed by atoms with van der Waals surface area (Å²) in [5.41, 5.74) is 0.787. The van der Waals surface area contributed by atoms with Crippen LogP contribution in [0, 0.1) is 11.3 Å². The molecule has 19 heavy (non-hydrogen) atoms. The smallest absolute Gasteiger partial charge is 0.312 e. The molecule has 1 aromatic carbocycles. The Balaban J connectivity index is 2.06. The predicted octanol–water partition coefficient (Wildman–Crippen LogP) is 1.08. The Kier molecular flexibility index (Phi) is 4.50. The summed E-state index contributed by atoms with van der Waals surface area (Å²) in [7, 11) is 0. The van der Waals surface area contributed by atoms with Gasteiger partial charge in [-0.1, -0.05) is 30.3 Å². The van der Waals surface area contributed by atoms with Gasteiger partial charge in [-0.15, -0.1) is 0 Å². The Hall–Kier alpha value is -1.90. The number of aliphatic carboxylic acids is 1. The van der Waals surface area contributed by atoms with Gasteiger partial charge in [0.25, 0.3) is 0 Å². The van der Waals surface area contributed by atoms with Crippen LogP contribution in [-0.4, -0.2) is 48.3 Å². The molecule has 2 rings (SSSR count). The largest absolute Gasteiger partial charge is 0.481 e. The van der Waals surface area contributed by atoms with Crippen molar-refractivity contribution in [2.75, 3.05) is 26.2 Å². The molecule has 0 saturated carbocycles. The van der Waals surface area contributed by atoms with E-state index in [1.165, 1.54) is 0 Å². The van der Waals surface area contributed by atoms with Gasteiger partial charge >= 0.3 is 5.97 Å². The van der Waals surface area contributed by atoms with Crippen molar-refractivity contribution >= 4 is 5.97 Å². The molecule has 5 heteroatoms. The summed E-state index contributed by atoms with van der Waals surface area (Å²) in [4.78, 5) is 13.4. The lowest BCUT2D eigenvalue weighted by atomic mass is 9.98. The van der Waals surface area contributed by atoms with Crippen LogP contribution in [0.15, 0.2) is 30.3 Å². The maximum Gasteiger partial charge on any atom is 0.312 e. The third kappa shape index (κ3) is 3.53. The zero-order valence-electron chi connectivity index (χ0n) is 10.5. The Morgan fingerprint density at radius 3 is 2.89 bits per heavy atom. The number of morpholine rings is 1. The van der Waals surface area contributed by atoms with Crippen molar-refractivity contribution in [3.63, 3.8) is 0 Å². The molecule has 5 nitrogen and oxygen atoms in total. The van der Waals surface area contributed by atoms with Gasteiger partial charge in [0.05, 0.1) is 18.6 Å². The third-order valence-corrected chi connectivity index (χ3v) is 3.24. The van der Waals surface area contributed by atoms with Gasteiger partial charge in [0.2, 0.25) is 0 Å². The number of hydrogen-bond donors (Lipinski definition) is 1. The molecule has 2 unspecified atom stereocenters. The maximum absolute atomic E-state index is 11.4. The van der Waals surface area contributed by atoms with Crippen LogP contribution >= 0.6 is 0 Å². The lowest BCUT2D eigenvalue weighted by Crippen LogP contribution is -2.44. The molecule has 0 amide bonds. The van der Waals surface area contributed by atoms with Crippen molar-refractivity contribution < 1.29 is 14.6 Å². The van der Waals surface area contributed by atoms with Crippen molar-refractivity contribution in [3.8, 4) is 6.07 Å². The normalized spacial score (nSPS) is 21.5. The number of hydrogen-bond acceptors (Lipinski definition) is 4. The summed E-state index contributed by atoms with van der Waals surface area (Å²) < 4.78 is 5.25. The number of carboxylic acid groups (broad SMARTS) is 1. The number of ether oxygens (including phenoxy) is 1. The van der Waals surface area contributed by atoms with Gasteiger partial charge in [0, 0.05) is 19.6 Å². The second-order valence-corrected chi connectivity index (χ2v) is 4.55. The molecule has 2 atom stereocenters. The Bertz CT molecular complexity index is 469. The van der Waals surface area contributed by atoms with Gasteiger partial charge in [-0.25, -0.2) is 0 Å². The third-order valence-electron chi connectivity index (χ3n) is 3.24. The highest BCUT2D eigenvalue weighted by atomic mass is 16.5. The second-order valence-electron chi connectivity index (χ2n) is 4.55. The summed E-state index contributed by atoms with van der Waals surface area (Å²) in [6, 6.07) is 11.2.